The van der Waals surface area contributed by atoms with Crippen molar-refractivity contribution in [3.8, 4) is 5.88 Å². The van der Waals surface area contributed by atoms with Crippen LogP contribution in [-0.2, 0) is 40.9 Å². The summed E-state index contributed by atoms with van der Waals surface area (Å²) in [5.74, 6) is 0.905. The number of piperazine rings is 1. The summed E-state index contributed by atoms with van der Waals surface area (Å²) < 4.78 is 7.64. The van der Waals surface area contributed by atoms with Crippen molar-refractivity contribution in [2.75, 3.05) is 81.0 Å². The number of hydrogen-bond donors (Lipinski definition) is 3. The average molecular weight is 839 g/mol. The van der Waals surface area contributed by atoms with E-state index < -0.39 is 5.92 Å². The van der Waals surface area contributed by atoms with Gasteiger partial charge in [-0.05, 0) is 80.4 Å². The minimum Gasteiger partial charge on any atom is -0.474 e. The number of fused-ring (bicyclic) bond motifs is 3. The van der Waals surface area contributed by atoms with E-state index in [1.165, 1.54) is 16.7 Å². The van der Waals surface area contributed by atoms with Crippen LogP contribution < -0.4 is 25.6 Å². The maximum absolute atomic E-state index is 13.5. The van der Waals surface area contributed by atoms with Gasteiger partial charge in [0.1, 0.15) is 12.3 Å². The van der Waals surface area contributed by atoms with Crippen molar-refractivity contribution in [1.29, 1.82) is 0 Å². The first-order chi connectivity index (χ1) is 30.2. The molecule has 5 aliphatic rings. The van der Waals surface area contributed by atoms with Gasteiger partial charge in [-0.25, -0.2) is 15.0 Å². The molecule has 1 unspecified atom stereocenters. The van der Waals surface area contributed by atoms with E-state index >= 15 is 0 Å². The standard InChI is InChI=1S/C46H54N12O4/c1-29-38(25-48-45-41(29)47-15-23-62-45)58-18-14-32-24-49-46(51-37(32)27-58)50-33-8-6-30(7-9-33)26-56-19-21-57(22-20-56)40(60)28-55-16-12-31(13-17-55)34-4-3-5-35-42(53-54(2)43(34)35)36-10-11-39(59)52-44(36)61/h3-9,24-25,31,36,47H,10-23,26-28H2,1-2H3,(H,49,50,51)(H,52,59,61). The highest BCUT2D eigenvalue weighted by Gasteiger charge is 2.33. The largest absolute Gasteiger partial charge is 0.474 e. The van der Waals surface area contributed by atoms with Crippen LogP contribution in [0.1, 0.15) is 71.2 Å². The quantitative estimate of drug-likeness (QED) is 0.181. The number of rotatable bonds is 9. The zero-order chi connectivity index (χ0) is 42.3. The summed E-state index contributed by atoms with van der Waals surface area (Å²) in [6.07, 6.45) is 7.45. The average Bonchev–Trinajstić information content (AvgIpc) is 3.63. The summed E-state index contributed by atoms with van der Waals surface area (Å²) in [5, 5.41) is 15.1. The fraction of sp³-hybridized carbons (Fsp3) is 0.457. The predicted octanol–water partition coefficient (Wildman–Crippen LogP) is 4.22. The van der Waals surface area contributed by atoms with Gasteiger partial charge < -0.3 is 25.2 Å². The van der Waals surface area contributed by atoms with E-state index in [1.807, 2.05) is 35.1 Å². The highest BCUT2D eigenvalue weighted by atomic mass is 16.5. The highest BCUT2D eigenvalue weighted by Crippen LogP contribution is 2.38. The number of nitrogens with zero attached hydrogens (tertiary/aromatic N) is 9. The first-order valence-electron chi connectivity index (χ1n) is 22.1. The van der Waals surface area contributed by atoms with Crippen molar-refractivity contribution in [2.45, 2.75) is 64.0 Å². The Hall–Kier alpha value is -6.13. The van der Waals surface area contributed by atoms with E-state index in [-0.39, 0.29) is 17.7 Å². The molecule has 3 amide bonds. The minimum absolute atomic E-state index is 0.205. The second-order valence-corrected chi connectivity index (χ2v) is 17.3. The number of anilines is 4. The fourth-order valence-electron chi connectivity index (χ4n) is 9.96. The molecule has 5 aromatic rings. The van der Waals surface area contributed by atoms with Crippen LogP contribution >= 0.6 is 0 Å². The van der Waals surface area contributed by atoms with Crippen molar-refractivity contribution in [3.63, 3.8) is 0 Å². The maximum atomic E-state index is 13.5. The molecule has 0 saturated carbocycles. The van der Waals surface area contributed by atoms with Crippen molar-refractivity contribution in [3.05, 3.63) is 88.5 Å². The van der Waals surface area contributed by atoms with Crippen LogP contribution in [0, 0.1) is 6.92 Å². The zero-order valence-electron chi connectivity index (χ0n) is 35.5. The third-order valence-corrected chi connectivity index (χ3v) is 13.4. The molecule has 10 rings (SSSR count). The molecule has 16 nitrogen and oxygen atoms in total. The lowest BCUT2D eigenvalue weighted by atomic mass is 9.86. The van der Waals surface area contributed by atoms with Crippen LogP contribution in [0.2, 0.25) is 0 Å². The number of ether oxygens (including phenoxy) is 1. The Morgan fingerprint density at radius 1 is 0.919 bits per heavy atom. The number of likely N-dealkylation sites (tertiary alicyclic amines) is 1. The Bertz CT molecular complexity index is 2510. The number of imide groups is 1. The molecule has 3 N–H and O–H groups in total. The van der Waals surface area contributed by atoms with Crippen LogP contribution in [0.5, 0.6) is 5.88 Å². The highest BCUT2D eigenvalue weighted by molar-refractivity contribution is 6.02. The number of nitrogens with one attached hydrogen (secondary N) is 3. The SMILES string of the molecule is Cc1c(N2CCc3cnc(Nc4ccc(CN5CCN(C(=O)CN6CCC(c7cccc8c(C9CCC(=O)NC9=O)nn(C)c78)CC6)CC5)cc4)nc3C2)cnc2c1NCCO2. The predicted molar refractivity (Wildman–Crippen MR) is 236 cm³/mol. The number of carbonyl (C=O) groups excluding carboxylic acids is 3. The second-order valence-electron chi connectivity index (χ2n) is 17.3. The molecule has 3 saturated heterocycles. The Labute approximate surface area is 361 Å². The fourth-order valence-corrected chi connectivity index (χ4v) is 9.96. The molecule has 0 bridgehead atoms. The molecule has 3 aromatic heterocycles. The Balaban J connectivity index is 0.683. The smallest absolute Gasteiger partial charge is 0.237 e. The van der Waals surface area contributed by atoms with Gasteiger partial charge in [-0.2, -0.15) is 5.10 Å². The van der Waals surface area contributed by atoms with Crippen LogP contribution in [0.3, 0.4) is 0 Å². The molecule has 16 heteroatoms. The molecule has 5 aliphatic heterocycles. The Morgan fingerprint density at radius 2 is 1.74 bits per heavy atom. The van der Waals surface area contributed by atoms with Gasteiger partial charge in [-0.3, -0.25) is 34.2 Å². The number of benzene rings is 2. The molecule has 1 atom stereocenters. The summed E-state index contributed by atoms with van der Waals surface area (Å²) in [7, 11) is 1.94. The van der Waals surface area contributed by atoms with E-state index in [1.54, 1.807) is 0 Å². The first kappa shape index (κ1) is 40.0. The van der Waals surface area contributed by atoms with Gasteiger partial charge >= 0.3 is 0 Å². The zero-order valence-corrected chi connectivity index (χ0v) is 35.5. The molecule has 322 valence electrons. The van der Waals surface area contributed by atoms with Gasteiger partial charge in [0.2, 0.25) is 29.5 Å². The van der Waals surface area contributed by atoms with E-state index in [0.717, 1.165) is 123 Å². The number of para-hydroxylation sites is 1. The van der Waals surface area contributed by atoms with Crippen LogP contribution in [0.25, 0.3) is 10.9 Å². The Morgan fingerprint density at radius 3 is 2.55 bits per heavy atom. The molecular weight excluding hydrogens is 785 g/mol. The molecule has 0 radical (unpaired) electrons. The van der Waals surface area contributed by atoms with E-state index in [9.17, 15) is 14.4 Å². The van der Waals surface area contributed by atoms with Gasteiger partial charge in [-0.1, -0.05) is 30.3 Å². The number of amides is 3. The number of hydrogen-bond acceptors (Lipinski definition) is 13. The summed E-state index contributed by atoms with van der Waals surface area (Å²) in [6.45, 7) is 11.2. The van der Waals surface area contributed by atoms with Crippen molar-refractivity contribution in [1.82, 2.24) is 44.7 Å². The normalized spacial score (nSPS) is 20.0. The lowest BCUT2D eigenvalue weighted by Gasteiger charge is -2.37. The molecule has 62 heavy (non-hydrogen) atoms. The van der Waals surface area contributed by atoms with Crippen LogP contribution in [0.15, 0.2) is 54.9 Å². The molecule has 8 heterocycles. The Kier molecular flexibility index (Phi) is 10.9. The summed E-state index contributed by atoms with van der Waals surface area (Å²) >= 11 is 0. The topological polar surface area (TPSA) is 166 Å². The first-order valence-corrected chi connectivity index (χ1v) is 22.1. The number of pyridine rings is 1. The van der Waals surface area contributed by atoms with Gasteiger partial charge in [0.25, 0.3) is 0 Å². The third-order valence-electron chi connectivity index (χ3n) is 13.4. The van der Waals surface area contributed by atoms with Crippen LogP contribution in [-0.4, -0.2) is 123 Å². The lowest BCUT2D eigenvalue weighted by molar-refractivity contribution is -0.135. The van der Waals surface area contributed by atoms with Crippen LogP contribution in [0.4, 0.5) is 23.0 Å². The third kappa shape index (κ3) is 8.04. The van der Waals surface area contributed by atoms with E-state index in [0.29, 0.717) is 50.3 Å². The van der Waals surface area contributed by atoms with Gasteiger partial charge in [0.05, 0.1) is 47.8 Å². The maximum Gasteiger partial charge on any atom is 0.237 e. The minimum atomic E-state index is -0.420. The number of aromatic nitrogens is 5. The van der Waals surface area contributed by atoms with Gasteiger partial charge in [0.15, 0.2) is 0 Å². The molecule has 0 spiro atoms. The van der Waals surface area contributed by atoms with Crippen molar-refractivity contribution in [2.24, 2.45) is 7.05 Å². The van der Waals surface area contributed by atoms with Gasteiger partial charge in [-0.15, -0.1) is 0 Å². The van der Waals surface area contributed by atoms with Crippen molar-refractivity contribution >= 4 is 51.6 Å². The van der Waals surface area contributed by atoms with Crippen molar-refractivity contribution < 1.29 is 19.1 Å². The molecule has 3 fully saturated rings. The lowest BCUT2D eigenvalue weighted by Crippen LogP contribution is -2.51. The number of carbonyl (C=O) groups is 3. The monoisotopic (exact) mass is 838 g/mol. The number of piperidine rings is 2. The van der Waals surface area contributed by atoms with E-state index in [2.05, 4.69) is 83.9 Å². The molecular formula is C46H54N12O4. The second kappa shape index (κ2) is 17.0. The summed E-state index contributed by atoms with van der Waals surface area (Å²) in [4.78, 5) is 61.2. The van der Waals surface area contributed by atoms with Gasteiger partial charge in [0, 0.05) is 82.1 Å². The number of aryl methyl sites for hydroxylation is 1. The summed E-state index contributed by atoms with van der Waals surface area (Å²) in [6, 6.07) is 14.7. The summed E-state index contributed by atoms with van der Waals surface area (Å²) in [5.41, 5.74) is 10.6. The molecule has 0 aliphatic carbocycles. The molecule has 2 aromatic carbocycles. The van der Waals surface area contributed by atoms with E-state index in [4.69, 9.17) is 14.8 Å².